The van der Waals surface area contributed by atoms with Crippen molar-refractivity contribution < 1.29 is 26.7 Å². The number of hydrogen-bond donors (Lipinski definition) is 1. The van der Waals surface area contributed by atoms with E-state index in [1.807, 2.05) is 0 Å². The molecule has 3 heterocycles. The Morgan fingerprint density at radius 1 is 1.17 bits per heavy atom. The third kappa shape index (κ3) is 4.38. The summed E-state index contributed by atoms with van der Waals surface area (Å²) in [5, 5.41) is 3.22. The molecule has 10 heteroatoms. The Bertz CT molecular complexity index is 1030. The van der Waals surface area contributed by atoms with Crippen LogP contribution in [0.5, 0.6) is 0 Å². The van der Waals surface area contributed by atoms with Crippen molar-refractivity contribution in [3.8, 4) is 11.3 Å². The summed E-state index contributed by atoms with van der Waals surface area (Å²) in [6, 6.07) is 2.33. The summed E-state index contributed by atoms with van der Waals surface area (Å²) in [4.78, 5) is 8.65. The van der Waals surface area contributed by atoms with Crippen LogP contribution in [0.25, 0.3) is 16.9 Å². The molecule has 0 spiro atoms. The molecule has 0 atom stereocenters. The molecular weight excluding hydrogens is 407 g/mol. The first kappa shape index (κ1) is 20.5. The number of halogens is 5. The number of nitrogens with zero attached hydrogens (tertiary/aromatic N) is 3. The second kappa shape index (κ2) is 8.17. The zero-order valence-electron chi connectivity index (χ0n) is 15.8. The van der Waals surface area contributed by atoms with E-state index in [9.17, 15) is 22.0 Å². The molecule has 1 N–H and O–H groups in total. The third-order valence-corrected chi connectivity index (χ3v) is 5.10. The summed E-state index contributed by atoms with van der Waals surface area (Å²) < 4.78 is 73.1. The van der Waals surface area contributed by atoms with Crippen LogP contribution in [0.3, 0.4) is 0 Å². The highest BCUT2D eigenvalue weighted by Crippen LogP contribution is 2.36. The van der Waals surface area contributed by atoms with Crippen LogP contribution in [-0.2, 0) is 10.9 Å². The fourth-order valence-electron chi connectivity index (χ4n) is 3.47. The fraction of sp³-hybridized carbons (Fsp3) is 0.400. The Balaban J connectivity index is 1.73. The Kier molecular flexibility index (Phi) is 5.59. The number of fused-ring (bicyclic) bond motifs is 1. The fourth-order valence-corrected chi connectivity index (χ4v) is 3.47. The molecule has 0 aliphatic carbocycles. The summed E-state index contributed by atoms with van der Waals surface area (Å²) in [6.07, 6.45) is -1.35. The minimum atomic E-state index is -4.75. The molecule has 1 aromatic carbocycles. The highest BCUT2D eigenvalue weighted by molar-refractivity contribution is 5.70. The number of rotatable bonds is 5. The minimum absolute atomic E-state index is 0.0372. The molecular formula is C20H19F5N4O. The van der Waals surface area contributed by atoms with Gasteiger partial charge in [-0.2, -0.15) is 13.2 Å². The SMILES string of the molecule is FC(F)c1cc(-c2cn3ccnc3c(NCC3CCOCC3)n2)cc(C(F)(F)F)c1. The third-order valence-electron chi connectivity index (χ3n) is 5.10. The number of hydrogen-bond acceptors (Lipinski definition) is 4. The van der Waals surface area contributed by atoms with Crippen LogP contribution >= 0.6 is 0 Å². The van der Waals surface area contributed by atoms with Gasteiger partial charge in [-0.3, -0.25) is 0 Å². The van der Waals surface area contributed by atoms with Crippen LogP contribution in [0.1, 0.15) is 30.4 Å². The molecule has 0 unspecified atom stereocenters. The van der Waals surface area contributed by atoms with Gasteiger partial charge in [0, 0.05) is 49.5 Å². The quantitative estimate of drug-likeness (QED) is 0.571. The first-order valence-corrected chi connectivity index (χ1v) is 9.47. The molecule has 160 valence electrons. The molecule has 0 radical (unpaired) electrons. The monoisotopic (exact) mass is 426 g/mol. The van der Waals surface area contributed by atoms with Gasteiger partial charge in [0.2, 0.25) is 0 Å². The molecule has 0 saturated carbocycles. The molecule has 1 aliphatic heterocycles. The topological polar surface area (TPSA) is 51.5 Å². The van der Waals surface area contributed by atoms with Gasteiger partial charge < -0.3 is 14.5 Å². The summed E-state index contributed by atoms with van der Waals surface area (Å²) >= 11 is 0. The molecule has 0 bridgehead atoms. The van der Waals surface area contributed by atoms with Crippen molar-refractivity contribution in [3.05, 3.63) is 47.9 Å². The van der Waals surface area contributed by atoms with Crippen molar-refractivity contribution in [1.82, 2.24) is 14.4 Å². The Morgan fingerprint density at radius 2 is 1.93 bits per heavy atom. The van der Waals surface area contributed by atoms with Gasteiger partial charge in [0.05, 0.1) is 11.3 Å². The van der Waals surface area contributed by atoms with Crippen molar-refractivity contribution in [2.24, 2.45) is 5.92 Å². The second-order valence-corrected chi connectivity index (χ2v) is 7.21. The first-order valence-electron chi connectivity index (χ1n) is 9.47. The lowest BCUT2D eigenvalue weighted by Gasteiger charge is -2.22. The van der Waals surface area contributed by atoms with E-state index in [0.717, 1.165) is 25.0 Å². The summed E-state index contributed by atoms with van der Waals surface area (Å²) in [5.74, 6) is 0.762. The van der Waals surface area contributed by atoms with Crippen LogP contribution < -0.4 is 5.32 Å². The normalized spacial score (nSPS) is 15.8. The molecule has 1 aliphatic rings. The van der Waals surface area contributed by atoms with Crippen LogP contribution in [0.2, 0.25) is 0 Å². The van der Waals surface area contributed by atoms with Crippen molar-refractivity contribution >= 4 is 11.5 Å². The number of ether oxygens (including phenoxy) is 1. The Hall–Kier alpha value is -2.75. The molecule has 4 rings (SSSR count). The lowest BCUT2D eigenvalue weighted by molar-refractivity contribution is -0.137. The largest absolute Gasteiger partial charge is 0.416 e. The maximum atomic E-state index is 13.2. The molecule has 30 heavy (non-hydrogen) atoms. The molecule has 1 fully saturated rings. The van der Waals surface area contributed by atoms with Crippen LogP contribution in [0.4, 0.5) is 27.8 Å². The van der Waals surface area contributed by atoms with Gasteiger partial charge in [-0.1, -0.05) is 0 Å². The highest BCUT2D eigenvalue weighted by atomic mass is 19.4. The lowest BCUT2D eigenvalue weighted by Crippen LogP contribution is -2.23. The number of nitrogens with one attached hydrogen (secondary N) is 1. The van der Waals surface area contributed by atoms with Gasteiger partial charge in [-0.15, -0.1) is 0 Å². The van der Waals surface area contributed by atoms with Crippen molar-refractivity contribution in [2.75, 3.05) is 25.1 Å². The molecule has 0 amide bonds. The number of benzene rings is 1. The number of alkyl halides is 5. The van der Waals surface area contributed by atoms with Gasteiger partial charge in [-0.05, 0) is 37.0 Å². The molecule has 1 saturated heterocycles. The molecule has 3 aromatic rings. The van der Waals surface area contributed by atoms with E-state index in [0.29, 0.717) is 43.2 Å². The van der Waals surface area contributed by atoms with Gasteiger partial charge in [0.15, 0.2) is 11.5 Å². The predicted molar refractivity (Wildman–Crippen MR) is 100 cm³/mol. The van der Waals surface area contributed by atoms with Crippen molar-refractivity contribution in [1.29, 1.82) is 0 Å². The zero-order valence-corrected chi connectivity index (χ0v) is 15.8. The van der Waals surface area contributed by atoms with Gasteiger partial charge in [0.1, 0.15) is 0 Å². The van der Waals surface area contributed by atoms with Crippen LogP contribution in [0, 0.1) is 5.92 Å². The van der Waals surface area contributed by atoms with Crippen molar-refractivity contribution in [2.45, 2.75) is 25.4 Å². The van der Waals surface area contributed by atoms with E-state index in [2.05, 4.69) is 15.3 Å². The van der Waals surface area contributed by atoms with E-state index < -0.39 is 23.7 Å². The maximum absolute atomic E-state index is 13.2. The van der Waals surface area contributed by atoms with E-state index in [1.54, 1.807) is 10.6 Å². The van der Waals surface area contributed by atoms with Crippen molar-refractivity contribution in [3.63, 3.8) is 0 Å². The van der Waals surface area contributed by atoms with Gasteiger partial charge in [-0.25, -0.2) is 18.7 Å². The summed E-state index contributed by atoms with van der Waals surface area (Å²) in [7, 11) is 0. The number of anilines is 1. The predicted octanol–water partition coefficient (Wildman–Crippen LogP) is 5.19. The summed E-state index contributed by atoms with van der Waals surface area (Å²) in [5.41, 5.74) is -1.23. The average Bonchev–Trinajstić information content (AvgIpc) is 3.20. The second-order valence-electron chi connectivity index (χ2n) is 7.21. The van der Waals surface area contributed by atoms with E-state index in [4.69, 9.17) is 4.74 Å². The molecule has 5 nitrogen and oxygen atoms in total. The van der Waals surface area contributed by atoms with Gasteiger partial charge in [0.25, 0.3) is 6.43 Å². The molecule has 2 aromatic heterocycles. The van der Waals surface area contributed by atoms with E-state index in [1.165, 1.54) is 12.4 Å². The minimum Gasteiger partial charge on any atom is -0.381 e. The summed E-state index contributed by atoms with van der Waals surface area (Å²) in [6.45, 7) is 1.96. The van der Waals surface area contributed by atoms with E-state index in [-0.39, 0.29) is 11.3 Å². The standard InChI is InChI=1S/C20H19F5N4O/c21-17(22)14-7-13(8-15(9-14)20(23,24)25)16-11-29-4-3-26-19(29)18(28-16)27-10-12-1-5-30-6-2-12/h3-4,7-9,11-12,17H,1-2,5-6,10H2,(H,27,28). The zero-order chi connectivity index (χ0) is 21.3. The Labute approximate surface area is 168 Å². The first-order chi connectivity index (χ1) is 14.3. The highest BCUT2D eigenvalue weighted by Gasteiger charge is 2.32. The Morgan fingerprint density at radius 3 is 2.63 bits per heavy atom. The van der Waals surface area contributed by atoms with Crippen LogP contribution in [-0.4, -0.2) is 34.1 Å². The number of imidazole rings is 1. The number of aromatic nitrogens is 3. The maximum Gasteiger partial charge on any atom is 0.416 e. The van der Waals surface area contributed by atoms with Gasteiger partial charge >= 0.3 is 6.18 Å². The average molecular weight is 426 g/mol. The van der Waals surface area contributed by atoms with Crippen LogP contribution in [0.15, 0.2) is 36.8 Å². The smallest absolute Gasteiger partial charge is 0.381 e. The lowest BCUT2D eigenvalue weighted by atomic mass is 10.0. The van der Waals surface area contributed by atoms with E-state index >= 15 is 0 Å².